The number of benzene rings is 2. The topological polar surface area (TPSA) is 18.5 Å². The standard InChI is InChI=1S/C15H15ClO2/c16-11-4-12-17-13-7-9-15(10-8-13)18-14-5-2-1-3-6-14/h1-3,5-10H,4,11-12H2. The van der Waals surface area contributed by atoms with E-state index >= 15 is 0 Å². The molecule has 0 unspecified atom stereocenters. The van der Waals surface area contributed by atoms with Crippen LogP contribution in [0, 0.1) is 0 Å². The average molecular weight is 263 g/mol. The maximum Gasteiger partial charge on any atom is 0.127 e. The summed E-state index contributed by atoms with van der Waals surface area (Å²) >= 11 is 5.58. The van der Waals surface area contributed by atoms with E-state index in [0.29, 0.717) is 12.5 Å². The minimum atomic E-state index is 0.620. The van der Waals surface area contributed by atoms with Crippen molar-refractivity contribution in [2.75, 3.05) is 12.5 Å². The Hall–Kier alpha value is -1.67. The maximum absolute atomic E-state index is 5.68. The second-order valence-electron chi connectivity index (χ2n) is 3.78. The molecule has 0 N–H and O–H groups in total. The second kappa shape index (κ2) is 6.92. The van der Waals surface area contributed by atoms with Gasteiger partial charge in [0.15, 0.2) is 0 Å². The number of alkyl halides is 1. The summed E-state index contributed by atoms with van der Waals surface area (Å²) in [5, 5.41) is 0. The van der Waals surface area contributed by atoms with Gasteiger partial charge in [0.05, 0.1) is 6.61 Å². The number of hydrogen-bond acceptors (Lipinski definition) is 2. The van der Waals surface area contributed by atoms with Gasteiger partial charge in [0, 0.05) is 5.88 Å². The molecule has 2 rings (SSSR count). The Morgan fingerprint density at radius 1 is 0.778 bits per heavy atom. The van der Waals surface area contributed by atoms with Crippen LogP contribution >= 0.6 is 11.6 Å². The van der Waals surface area contributed by atoms with E-state index in [4.69, 9.17) is 21.1 Å². The van der Waals surface area contributed by atoms with Crippen LogP contribution in [0.3, 0.4) is 0 Å². The van der Waals surface area contributed by atoms with Gasteiger partial charge < -0.3 is 9.47 Å². The number of para-hydroxylation sites is 1. The third-order valence-electron chi connectivity index (χ3n) is 2.35. The highest BCUT2D eigenvalue weighted by atomic mass is 35.5. The number of ether oxygens (including phenoxy) is 2. The Labute approximate surface area is 112 Å². The first-order valence-electron chi connectivity index (χ1n) is 5.90. The van der Waals surface area contributed by atoms with E-state index in [0.717, 1.165) is 23.7 Å². The molecule has 18 heavy (non-hydrogen) atoms. The monoisotopic (exact) mass is 262 g/mol. The molecule has 0 aliphatic rings. The summed E-state index contributed by atoms with van der Waals surface area (Å²) in [5.41, 5.74) is 0. The van der Waals surface area contributed by atoms with Crippen LogP contribution in [-0.2, 0) is 0 Å². The smallest absolute Gasteiger partial charge is 0.127 e. The van der Waals surface area contributed by atoms with Crippen LogP contribution in [-0.4, -0.2) is 12.5 Å². The minimum absolute atomic E-state index is 0.620. The van der Waals surface area contributed by atoms with Crippen LogP contribution in [0.2, 0.25) is 0 Å². The first-order valence-corrected chi connectivity index (χ1v) is 6.43. The van der Waals surface area contributed by atoms with Crippen LogP contribution in [0.15, 0.2) is 54.6 Å². The molecule has 2 aromatic rings. The average Bonchev–Trinajstić information content (AvgIpc) is 2.42. The summed E-state index contributed by atoms with van der Waals surface area (Å²) in [7, 11) is 0. The van der Waals surface area contributed by atoms with Crippen LogP contribution in [0.1, 0.15) is 6.42 Å². The van der Waals surface area contributed by atoms with Gasteiger partial charge >= 0.3 is 0 Å². The van der Waals surface area contributed by atoms with Crippen LogP contribution in [0.25, 0.3) is 0 Å². The first kappa shape index (κ1) is 12.8. The van der Waals surface area contributed by atoms with E-state index in [9.17, 15) is 0 Å². The summed E-state index contributed by atoms with van der Waals surface area (Å²) in [6.45, 7) is 0.641. The van der Waals surface area contributed by atoms with Crippen molar-refractivity contribution < 1.29 is 9.47 Å². The highest BCUT2D eigenvalue weighted by molar-refractivity contribution is 6.17. The maximum atomic E-state index is 5.68. The van der Waals surface area contributed by atoms with Crippen molar-refractivity contribution in [2.45, 2.75) is 6.42 Å². The van der Waals surface area contributed by atoms with E-state index in [-0.39, 0.29) is 0 Å². The molecule has 0 saturated heterocycles. The molecule has 94 valence electrons. The van der Waals surface area contributed by atoms with Crippen molar-refractivity contribution >= 4 is 11.6 Å². The second-order valence-corrected chi connectivity index (χ2v) is 4.16. The fourth-order valence-electron chi connectivity index (χ4n) is 1.47. The Morgan fingerprint density at radius 3 is 2.06 bits per heavy atom. The largest absolute Gasteiger partial charge is 0.494 e. The van der Waals surface area contributed by atoms with Gasteiger partial charge in [-0.1, -0.05) is 18.2 Å². The molecule has 0 aromatic heterocycles. The molecule has 0 radical (unpaired) electrons. The predicted molar refractivity (Wildman–Crippen MR) is 73.8 cm³/mol. The van der Waals surface area contributed by atoms with Gasteiger partial charge in [0.1, 0.15) is 17.2 Å². The lowest BCUT2D eigenvalue weighted by molar-refractivity contribution is 0.318. The molecule has 3 heteroatoms. The Kier molecular flexibility index (Phi) is 4.91. The summed E-state index contributed by atoms with van der Waals surface area (Å²) in [5.74, 6) is 3.08. The minimum Gasteiger partial charge on any atom is -0.494 e. The predicted octanol–water partition coefficient (Wildman–Crippen LogP) is 4.49. The third-order valence-corrected chi connectivity index (χ3v) is 2.62. The van der Waals surface area contributed by atoms with Crippen molar-refractivity contribution in [3.05, 3.63) is 54.6 Å². The Morgan fingerprint density at radius 2 is 1.39 bits per heavy atom. The molecule has 0 fully saturated rings. The van der Waals surface area contributed by atoms with Crippen molar-refractivity contribution in [2.24, 2.45) is 0 Å². The lowest BCUT2D eigenvalue weighted by atomic mass is 10.3. The summed E-state index contributed by atoms with van der Waals surface area (Å²) in [6, 6.07) is 17.3. The van der Waals surface area contributed by atoms with E-state index < -0.39 is 0 Å². The third kappa shape index (κ3) is 3.97. The van der Waals surface area contributed by atoms with Gasteiger partial charge in [-0.2, -0.15) is 0 Å². The zero-order chi connectivity index (χ0) is 12.6. The van der Waals surface area contributed by atoms with E-state index in [2.05, 4.69) is 0 Å². The highest BCUT2D eigenvalue weighted by Crippen LogP contribution is 2.23. The van der Waals surface area contributed by atoms with Crippen LogP contribution in [0.5, 0.6) is 17.2 Å². The molecule has 0 atom stereocenters. The number of rotatable bonds is 6. The van der Waals surface area contributed by atoms with Crippen LogP contribution in [0.4, 0.5) is 0 Å². The zero-order valence-electron chi connectivity index (χ0n) is 10.0. The molecule has 0 heterocycles. The Balaban J connectivity index is 1.91. The molecule has 0 aliphatic carbocycles. The van der Waals surface area contributed by atoms with Gasteiger partial charge in [0.2, 0.25) is 0 Å². The molecule has 0 amide bonds. The molecular weight excluding hydrogens is 248 g/mol. The number of hydrogen-bond donors (Lipinski definition) is 0. The van der Waals surface area contributed by atoms with E-state index in [1.807, 2.05) is 54.6 Å². The fourth-order valence-corrected chi connectivity index (χ4v) is 1.58. The zero-order valence-corrected chi connectivity index (χ0v) is 10.8. The van der Waals surface area contributed by atoms with E-state index in [1.165, 1.54) is 0 Å². The van der Waals surface area contributed by atoms with Crippen molar-refractivity contribution in [3.8, 4) is 17.2 Å². The summed E-state index contributed by atoms with van der Waals surface area (Å²) in [4.78, 5) is 0. The van der Waals surface area contributed by atoms with Gasteiger partial charge in [-0.15, -0.1) is 11.6 Å². The first-order chi connectivity index (χ1) is 8.88. The normalized spacial score (nSPS) is 10.1. The molecule has 0 aliphatic heterocycles. The quantitative estimate of drug-likeness (QED) is 0.564. The molecule has 2 nitrogen and oxygen atoms in total. The highest BCUT2D eigenvalue weighted by Gasteiger charge is 1.98. The lowest BCUT2D eigenvalue weighted by Crippen LogP contribution is -1.97. The SMILES string of the molecule is ClCCCOc1ccc(Oc2ccccc2)cc1. The van der Waals surface area contributed by atoms with Crippen molar-refractivity contribution in [1.82, 2.24) is 0 Å². The van der Waals surface area contributed by atoms with Gasteiger partial charge in [-0.25, -0.2) is 0 Å². The van der Waals surface area contributed by atoms with Crippen molar-refractivity contribution in [1.29, 1.82) is 0 Å². The van der Waals surface area contributed by atoms with Gasteiger partial charge in [-0.05, 0) is 42.8 Å². The molecule has 0 bridgehead atoms. The van der Waals surface area contributed by atoms with Gasteiger partial charge in [0.25, 0.3) is 0 Å². The lowest BCUT2D eigenvalue weighted by Gasteiger charge is -2.07. The molecule has 2 aromatic carbocycles. The molecular formula is C15H15ClO2. The Bertz CT molecular complexity index is 454. The molecule has 0 saturated carbocycles. The van der Waals surface area contributed by atoms with Crippen LogP contribution < -0.4 is 9.47 Å². The van der Waals surface area contributed by atoms with E-state index in [1.54, 1.807) is 0 Å². The summed E-state index contributed by atoms with van der Waals surface area (Å²) in [6.07, 6.45) is 0.851. The summed E-state index contributed by atoms with van der Waals surface area (Å²) < 4.78 is 11.2. The van der Waals surface area contributed by atoms with Gasteiger partial charge in [-0.3, -0.25) is 0 Å². The number of halogens is 1. The van der Waals surface area contributed by atoms with Crippen molar-refractivity contribution in [3.63, 3.8) is 0 Å². The molecule has 0 spiro atoms. The fraction of sp³-hybridized carbons (Fsp3) is 0.200.